The number of hydrogen-bond donors (Lipinski definition) is 0. The van der Waals surface area contributed by atoms with Gasteiger partial charge >= 0.3 is 0 Å². The molecule has 3 heterocycles. The van der Waals surface area contributed by atoms with Gasteiger partial charge in [0.2, 0.25) is 0 Å². The first-order valence-corrected chi connectivity index (χ1v) is 11.6. The quantitative estimate of drug-likeness (QED) is 0.267. The fourth-order valence-electron chi connectivity index (χ4n) is 3.30. The van der Waals surface area contributed by atoms with E-state index >= 15 is 0 Å². The van der Waals surface area contributed by atoms with Crippen molar-refractivity contribution >= 4 is 57.8 Å². The van der Waals surface area contributed by atoms with Crippen LogP contribution < -0.4 is 0 Å². The Kier molecular flexibility index (Phi) is 6.13. The maximum atomic E-state index is 13.2. The molecule has 5 rings (SSSR count). The van der Waals surface area contributed by atoms with E-state index in [9.17, 15) is 4.79 Å². The third kappa shape index (κ3) is 4.78. The lowest BCUT2D eigenvalue weighted by molar-refractivity contribution is -0.122. The number of furan rings is 2. The molecule has 0 saturated carbocycles. The summed E-state index contributed by atoms with van der Waals surface area (Å²) in [6.07, 6.45) is 3.29. The zero-order chi connectivity index (χ0) is 22.8. The van der Waals surface area contributed by atoms with Gasteiger partial charge in [-0.3, -0.25) is 9.69 Å². The van der Waals surface area contributed by atoms with Crippen molar-refractivity contribution in [3.8, 4) is 11.3 Å². The molecule has 0 bridgehead atoms. The summed E-state index contributed by atoms with van der Waals surface area (Å²) in [5, 5.41) is 1.61. The molecule has 2 aromatic heterocycles. The van der Waals surface area contributed by atoms with E-state index in [4.69, 9.17) is 32.0 Å². The van der Waals surface area contributed by atoms with Crippen LogP contribution in [0.5, 0.6) is 0 Å². The first kappa shape index (κ1) is 21.6. The number of nitrogens with zero attached hydrogens (tertiary/aromatic N) is 2. The summed E-state index contributed by atoms with van der Waals surface area (Å²) in [6.45, 7) is 0.283. The molecular weight excluding hydrogens is 479 g/mol. The maximum absolute atomic E-state index is 13.2. The molecule has 0 atom stereocenters. The third-order valence-corrected chi connectivity index (χ3v) is 6.41. The van der Waals surface area contributed by atoms with Crippen LogP contribution in [-0.4, -0.2) is 16.0 Å². The number of amidine groups is 1. The minimum absolute atomic E-state index is 0.173. The standard InChI is InChI=1S/C25H16Cl2N2O3S/c26-16-8-10-20(21(27)13-16)22-11-9-18(32-22)14-23-24(30)29(15-19-7-4-12-31-19)25(33-23)28-17-5-2-1-3-6-17/h1-14H,15H2/b23-14+,28-25?. The van der Waals surface area contributed by atoms with Gasteiger partial charge in [0, 0.05) is 16.7 Å². The van der Waals surface area contributed by atoms with Crippen LogP contribution in [0.25, 0.3) is 17.4 Å². The highest BCUT2D eigenvalue weighted by Crippen LogP contribution is 2.37. The summed E-state index contributed by atoms with van der Waals surface area (Å²) in [5.41, 5.74) is 1.48. The predicted octanol–water partition coefficient (Wildman–Crippen LogP) is 7.65. The second kappa shape index (κ2) is 9.35. The Morgan fingerprint density at radius 3 is 2.61 bits per heavy atom. The number of benzene rings is 2. The van der Waals surface area contributed by atoms with Crippen LogP contribution in [0.15, 0.2) is 97.8 Å². The van der Waals surface area contributed by atoms with E-state index < -0.39 is 0 Å². The first-order chi connectivity index (χ1) is 16.1. The second-order valence-electron chi connectivity index (χ2n) is 7.14. The van der Waals surface area contributed by atoms with Gasteiger partial charge in [0.05, 0.1) is 28.4 Å². The second-order valence-corrected chi connectivity index (χ2v) is 8.99. The lowest BCUT2D eigenvalue weighted by Crippen LogP contribution is -2.28. The predicted molar refractivity (Wildman–Crippen MR) is 133 cm³/mol. The van der Waals surface area contributed by atoms with Gasteiger partial charge in [-0.1, -0.05) is 41.4 Å². The van der Waals surface area contributed by atoms with E-state index in [-0.39, 0.29) is 12.5 Å². The number of thioether (sulfide) groups is 1. The van der Waals surface area contributed by atoms with E-state index in [0.29, 0.717) is 37.4 Å². The van der Waals surface area contributed by atoms with Gasteiger partial charge in [-0.05, 0) is 66.4 Å². The molecule has 0 radical (unpaired) electrons. The Morgan fingerprint density at radius 2 is 1.85 bits per heavy atom. The summed E-state index contributed by atoms with van der Waals surface area (Å²) < 4.78 is 11.4. The molecule has 0 unspecified atom stereocenters. The average Bonchev–Trinajstić information content (AvgIpc) is 3.54. The number of amides is 1. The summed E-state index contributed by atoms with van der Waals surface area (Å²) >= 11 is 13.6. The lowest BCUT2D eigenvalue weighted by Gasteiger charge is -2.13. The molecule has 1 fully saturated rings. The number of aliphatic imine (C=N–C) groups is 1. The zero-order valence-electron chi connectivity index (χ0n) is 17.1. The van der Waals surface area contributed by atoms with Gasteiger partial charge in [0.1, 0.15) is 17.3 Å². The van der Waals surface area contributed by atoms with E-state index in [1.807, 2.05) is 42.5 Å². The van der Waals surface area contributed by atoms with Crippen LogP contribution in [-0.2, 0) is 11.3 Å². The Morgan fingerprint density at radius 1 is 1.00 bits per heavy atom. The Labute approximate surface area is 204 Å². The van der Waals surface area contributed by atoms with Crippen molar-refractivity contribution in [2.24, 2.45) is 4.99 Å². The SMILES string of the molecule is O=C1/C(=C\c2ccc(-c3ccc(Cl)cc3Cl)o2)SC(=Nc2ccccc2)N1Cc1ccco1. The van der Waals surface area contributed by atoms with E-state index in [0.717, 1.165) is 11.3 Å². The molecule has 33 heavy (non-hydrogen) atoms. The van der Waals surface area contributed by atoms with Crippen LogP contribution in [0.3, 0.4) is 0 Å². The van der Waals surface area contributed by atoms with Crippen molar-refractivity contribution in [1.82, 2.24) is 4.90 Å². The van der Waals surface area contributed by atoms with Crippen LogP contribution in [0.1, 0.15) is 11.5 Å². The van der Waals surface area contributed by atoms with E-state index in [1.54, 1.807) is 47.6 Å². The Balaban J connectivity index is 1.46. The Hall–Kier alpha value is -3.19. The van der Waals surface area contributed by atoms with Gasteiger partial charge in [-0.2, -0.15) is 0 Å². The van der Waals surface area contributed by atoms with E-state index in [2.05, 4.69) is 4.99 Å². The summed E-state index contributed by atoms with van der Waals surface area (Å²) in [6, 6.07) is 21.9. The summed E-state index contributed by atoms with van der Waals surface area (Å²) in [7, 11) is 0. The molecular formula is C25H16Cl2N2O3S. The van der Waals surface area contributed by atoms with Crippen molar-refractivity contribution in [3.63, 3.8) is 0 Å². The topological polar surface area (TPSA) is 59.0 Å². The van der Waals surface area contributed by atoms with Gasteiger partial charge < -0.3 is 8.83 Å². The van der Waals surface area contributed by atoms with Crippen LogP contribution in [0.4, 0.5) is 5.69 Å². The summed E-state index contributed by atoms with van der Waals surface area (Å²) in [4.78, 5) is 20.0. The number of rotatable bonds is 5. The average molecular weight is 495 g/mol. The minimum Gasteiger partial charge on any atom is -0.467 e. The molecule has 8 heteroatoms. The van der Waals surface area contributed by atoms with Crippen molar-refractivity contribution in [2.75, 3.05) is 0 Å². The van der Waals surface area contributed by atoms with Gasteiger partial charge in [0.15, 0.2) is 5.17 Å². The van der Waals surface area contributed by atoms with Crippen molar-refractivity contribution in [2.45, 2.75) is 6.54 Å². The van der Waals surface area contributed by atoms with Crippen LogP contribution >= 0.6 is 35.0 Å². The number of para-hydroxylation sites is 1. The fraction of sp³-hybridized carbons (Fsp3) is 0.0400. The number of halogens is 2. The molecule has 1 aliphatic rings. The monoisotopic (exact) mass is 494 g/mol. The van der Waals surface area contributed by atoms with Gasteiger partial charge in [0.25, 0.3) is 5.91 Å². The van der Waals surface area contributed by atoms with Gasteiger partial charge in [-0.15, -0.1) is 0 Å². The molecule has 2 aromatic carbocycles. The highest BCUT2D eigenvalue weighted by molar-refractivity contribution is 8.18. The molecule has 0 spiro atoms. The molecule has 1 amide bonds. The van der Waals surface area contributed by atoms with Crippen LogP contribution in [0, 0.1) is 0 Å². The smallest absolute Gasteiger partial charge is 0.267 e. The third-order valence-electron chi connectivity index (χ3n) is 4.86. The molecule has 5 nitrogen and oxygen atoms in total. The highest BCUT2D eigenvalue weighted by atomic mass is 35.5. The van der Waals surface area contributed by atoms with E-state index in [1.165, 1.54) is 11.8 Å². The Bertz CT molecular complexity index is 1360. The van der Waals surface area contributed by atoms with Crippen molar-refractivity contribution < 1.29 is 13.6 Å². The zero-order valence-corrected chi connectivity index (χ0v) is 19.4. The fourth-order valence-corrected chi connectivity index (χ4v) is 4.78. The van der Waals surface area contributed by atoms with Crippen LogP contribution in [0.2, 0.25) is 10.0 Å². The van der Waals surface area contributed by atoms with Gasteiger partial charge in [-0.25, -0.2) is 4.99 Å². The minimum atomic E-state index is -0.173. The largest absolute Gasteiger partial charge is 0.467 e. The first-order valence-electron chi connectivity index (χ1n) is 9.99. The normalized spacial score (nSPS) is 16.3. The molecule has 4 aromatic rings. The number of carbonyl (C=O) groups excluding carboxylic acids is 1. The van der Waals surface area contributed by atoms with Crippen molar-refractivity contribution in [1.29, 1.82) is 0 Å². The maximum Gasteiger partial charge on any atom is 0.267 e. The molecule has 164 valence electrons. The van der Waals surface area contributed by atoms with Crippen molar-refractivity contribution in [3.05, 3.63) is 106 Å². The molecule has 0 aliphatic carbocycles. The highest BCUT2D eigenvalue weighted by Gasteiger charge is 2.34. The number of hydrogen-bond acceptors (Lipinski definition) is 5. The molecule has 0 N–H and O–H groups in total. The number of carbonyl (C=O) groups is 1. The summed E-state index contributed by atoms with van der Waals surface area (Å²) in [5.74, 6) is 1.62. The molecule has 1 saturated heterocycles. The lowest BCUT2D eigenvalue weighted by atomic mass is 10.2. The molecule has 1 aliphatic heterocycles.